The number of imidazole rings is 1. The van der Waals surface area contributed by atoms with Gasteiger partial charge in [0.2, 0.25) is 0 Å². The number of benzene rings is 1. The van der Waals surface area contributed by atoms with Gasteiger partial charge >= 0.3 is 0 Å². The molecule has 2 aromatic rings. The zero-order chi connectivity index (χ0) is 13.5. The molecular formula is C15H20N2O. The average Bonchev–Trinajstić information content (AvgIpc) is 2.75. The molecule has 3 heteroatoms. The number of rotatable bonds is 2. The topological polar surface area (TPSA) is 48.9 Å². The Labute approximate surface area is 108 Å². The second kappa shape index (κ2) is 4.25. The summed E-state index contributed by atoms with van der Waals surface area (Å²) in [4.78, 5) is 7.45. The van der Waals surface area contributed by atoms with Crippen LogP contribution in [0.5, 0.6) is 0 Å². The van der Waals surface area contributed by atoms with E-state index in [1.54, 1.807) is 20.0 Å². The Hall–Kier alpha value is -1.61. The van der Waals surface area contributed by atoms with Gasteiger partial charge in [-0.15, -0.1) is 0 Å². The minimum atomic E-state index is -0.939. The van der Waals surface area contributed by atoms with Gasteiger partial charge in [-0.25, -0.2) is 4.98 Å². The first-order valence-electron chi connectivity index (χ1n) is 6.15. The van der Waals surface area contributed by atoms with Crippen LogP contribution < -0.4 is 0 Å². The Kier molecular flexibility index (Phi) is 3.03. The Bertz CT molecular complexity index is 577. The van der Waals surface area contributed by atoms with Crippen LogP contribution in [-0.2, 0) is 5.60 Å². The standard InChI is InChI=1S/C15H20N2O/c1-9-6-7-12(11(3)10(9)2)13-8-16-14(17-13)15(4,5)18/h6-8,18H,1-5H3,(H,16,17). The van der Waals surface area contributed by atoms with Crippen LogP contribution >= 0.6 is 0 Å². The van der Waals surface area contributed by atoms with E-state index in [9.17, 15) is 5.11 Å². The lowest BCUT2D eigenvalue weighted by Crippen LogP contribution is -2.17. The van der Waals surface area contributed by atoms with Crippen molar-refractivity contribution in [1.82, 2.24) is 9.97 Å². The third-order valence-corrected chi connectivity index (χ3v) is 3.50. The monoisotopic (exact) mass is 244 g/mol. The number of hydrogen-bond acceptors (Lipinski definition) is 2. The molecule has 0 saturated heterocycles. The molecule has 0 unspecified atom stereocenters. The van der Waals surface area contributed by atoms with Gasteiger partial charge in [-0.1, -0.05) is 12.1 Å². The molecule has 0 radical (unpaired) electrons. The van der Waals surface area contributed by atoms with E-state index in [0.717, 1.165) is 11.3 Å². The third kappa shape index (κ3) is 2.18. The highest BCUT2D eigenvalue weighted by Crippen LogP contribution is 2.27. The molecule has 1 aromatic heterocycles. The van der Waals surface area contributed by atoms with Gasteiger partial charge in [-0.2, -0.15) is 0 Å². The van der Waals surface area contributed by atoms with Gasteiger partial charge in [0.25, 0.3) is 0 Å². The molecular weight excluding hydrogens is 224 g/mol. The van der Waals surface area contributed by atoms with Crippen molar-refractivity contribution in [3.05, 3.63) is 40.8 Å². The SMILES string of the molecule is Cc1ccc(-c2cnc(C(C)(C)O)[nH]2)c(C)c1C. The van der Waals surface area contributed by atoms with Gasteiger partial charge in [0.05, 0.1) is 11.9 Å². The highest BCUT2D eigenvalue weighted by atomic mass is 16.3. The third-order valence-electron chi connectivity index (χ3n) is 3.50. The molecule has 96 valence electrons. The lowest BCUT2D eigenvalue weighted by molar-refractivity contribution is 0.0697. The quantitative estimate of drug-likeness (QED) is 0.852. The number of nitrogens with zero attached hydrogens (tertiary/aromatic N) is 1. The smallest absolute Gasteiger partial charge is 0.138 e. The molecule has 0 aliphatic heterocycles. The zero-order valence-electron chi connectivity index (χ0n) is 11.6. The van der Waals surface area contributed by atoms with E-state index < -0.39 is 5.60 Å². The molecule has 0 spiro atoms. The van der Waals surface area contributed by atoms with Crippen molar-refractivity contribution in [3.63, 3.8) is 0 Å². The van der Waals surface area contributed by atoms with Crippen LogP contribution in [0.2, 0.25) is 0 Å². The molecule has 1 heterocycles. The van der Waals surface area contributed by atoms with Gasteiger partial charge in [0.1, 0.15) is 11.4 Å². The molecule has 18 heavy (non-hydrogen) atoms. The van der Waals surface area contributed by atoms with E-state index >= 15 is 0 Å². The fourth-order valence-corrected chi connectivity index (χ4v) is 2.02. The summed E-state index contributed by atoms with van der Waals surface area (Å²) in [6.45, 7) is 9.80. The Morgan fingerprint density at radius 3 is 2.33 bits per heavy atom. The van der Waals surface area contributed by atoms with Crippen molar-refractivity contribution in [2.45, 2.75) is 40.2 Å². The molecule has 0 atom stereocenters. The fourth-order valence-electron chi connectivity index (χ4n) is 2.02. The van der Waals surface area contributed by atoms with Crippen LogP contribution in [-0.4, -0.2) is 15.1 Å². The summed E-state index contributed by atoms with van der Waals surface area (Å²) in [6, 6.07) is 4.21. The molecule has 2 N–H and O–H groups in total. The van der Waals surface area contributed by atoms with Crippen LogP contribution in [0, 0.1) is 20.8 Å². The number of nitrogens with one attached hydrogen (secondary N) is 1. The van der Waals surface area contributed by atoms with Crippen molar-refractivity contribution in [2.75, 3.05) is 0 Å². The Balaban J connectivity index is 2.50. The first-order valence-corrected chi connectivity index (χ1v) is 6.15. The first kappa shape index (κ1) is 12.8. The van der Waals surface area contributed by atoms with E-state index in [4.69, 9.17) is 0 Å². The molecule has 0 saturated carbocycles. The number of H-pyrrole nitrogens is 1. The van der Waals surface area contributed by atoms with E-state index in [1.165, 1.54) is 16.7 Å². The maximum absolute atomic E-state index is 9.92. The van der Waals surface area contributed by atoms with Gasteiger partial charge in [-0.3, -0.25) is 0 Å². The zero-order valence-corrected chi connectivity index (χ0v) is 11.6. The maximum Gasteiger partial charge on any atom is 0.138 e. The molecule has 0 aliphatic rings. The summed E-state index contributed by atoms with van der Waals surface area (Å²) in [6.07, 6.45) is 1.78. The lowest BCUT2D eigenvalue weighted by atomic mass is 9.97. The molecule has 0 bridgehead atoms. The van der Waals surface area contributed by atoms with Gasteiger partial charge in [0, 0.05) is 5.56 Å². The van der Waals surface area contributed by atoms with Crippen LogP contribution in [0.4, 0.5) is 0 Å². The number of aromatic amines is 1. The predicted molar refractivity (Wildman–Crippen MR) is 73.5 cm³/mol. The molecule has 3 nitrogen and oxygen atoms in total. The second-order valence-corrected chi connectivity index (χ2v) is 5.38. The van der Waals surface area contributed by atoms with Crippen molar-refractivity contribution >= 4 is 0 Å². The van der Waals surface area contributed by atoms with Crippen LogP contribution in [0.15, 0.2) is 18.3 Å². The predicted octanol–water partition coefficient (Wildman–Crippen LogP) is 3.23. The fraction of sp³-hybridized carbons (Fsp3) is 0.400. The van der Waals surface area contributed by atoms with Gasteiger partial charge in [-0.05, 0) is 51.3 Å². The Morgan fingerprint density at radius 1 is 1.11 bits per heavy atom. The lowest BCUT2D eigenvalue weighted by Gasteiger charge is -2.13. The number of aliphatic hydroxyl groups is 1. The van der Waals surface area contributed by atoms with E-state index in [0.29, 0.717) is 5.82 Å². The summed E-state index contributed by atoms with van der Waals surface area (Å²) < 4.78 is 0. The molecule has 1 aromatic carbocycles. The number of aryl methyl sites for hydroxylation is 1. The van der Waals surface area contributed by atoms with Crippen LogP contribution in [0.1, 0.15) is 36.4 Å². The summed E-state index contributed by atoms with van der Waals surface area (Å²) in [5, 5.41) is 9.92. The van der Waals surface area contributed by atoms with Crippen molar-refractivity contribution in [1.29, 1.82) is 0 Å². The minimum Gasteiger partial charge on any atom is -0.383 e. The normalized spacial score (nSPS) is 11.9. The molecule has 0 aliphatic carbocycles. The summed E-state index contributed by atoms with van der Waals surface area (Å²) >= 11 is 0. The maximum atomic E-state index is 9.92. The van der Waals surface area contributed by atoms with E-state index in [2.05, 4.69) is 42.9 Å². The highest BCUT2D eigenvalue weighted by Gasteiger charge is 2.20. The molecule has 0 fully saturated rings. The summed E-state index contributed by atoms with van der Waals surface area (Å²) in [5.41, 5.74) is 4.99. The van der Waals surface area contributed by atoms with Crippen LogP contribution in [0.3, 0.4) is 0 Å². The largest absolute Gasteiger partial charge is 0.383 e. The molecule has 2 rings (SSSR count). The number of hydrogen-bond donors (Lipinski definition) is 2. The van der Waals surface area contributed by atoms with E-state index in [1.807, 2.05) is 0 Å². The summed E-state index contributed by atoms with van der Waals surface area (Å²) in [7, 11) is 0. The Morgan fingerprint density at radius 2 is 1.78 bits per heavy atom. The second-order valence-electron chi connectivity index (χ2n) is 5.38. The highest BCUT2D eigenvalue weighted by molar-refractivity contribution is 5.65. The van der Waals surface area contributed by atoms with Crippen molar-refractivity contribution in [3.8, 4) is 11.3 Å². The van der Waals surface area contributed by atoms with Gasteiger partial charge in [0.15, 0.2) is 0 Å². The number of aromatic nitrogens is 2. The minimum absolute atomic E-state index is 0.593. The summed E-state index contributed by atoms with van der Waals surface area (Å²) in [5.74, 6) is 0.593. The molecule has 0 amide bonds. The van der Waals surface area contributed by atoms with Crippen molar-refractivity contribution < 1.29 is 5.11 Å². The van der Waals surface area contributed by atoms with Crippen molar-refractivity contribution in [2.24, 2.45) is 0 Å². The van der Waals surface area contributed by atoms with E-state index in [-0.39, 0.29) is 0 Å². The van der Waals surface area contributed by atoms with Crippen LogP contribution in [0.25, 0.3) is 11.3 Å². The van der Waals surface area contributed by atoms with Gasteiger partial charge < -0.3 is 10.1 Å². The first-order chi connectivity index (χ1) is 8.30. The average molecular weight is 244 g/mol.